The van der Waals surface area contributed by atoms with Crippen LogP contribution in [0.3, 0.4) is 0 Å². The summed E-state index contributed by atoms with van der Waals surface area (Å²) in [5.74, 6) is 0.0379. The van der Waals surface area contributed by atoms with Gasteiger partial charge in [-0.15, -0.1) is 23.7 Å². The van der Waals surface area contributed by atoms with Gasteiger partial charge in [0.05, 0.1) is 0 Å². The zero-order valence-electron chi connectivity index (χ0n) is 16.9. The van der Waals surface area contributed by atoms with E-state index in [1.165, 1.54) is 4.88 Å². The standard InChI is InChI=1S/C22H29N3O2S.ClH/c1-2-13-25(19-11-12-23-16-19)22(27)17-6-3-7-18(15-17)24-21(26)10-4-8-20-9-5-14-28-20;/h3,5-7,9,14-15,19,23H,2,4,8,10-13,16H2,1H3,(H,24,26);1H. The number of rotatable bonds is 9. The third kappa shape index (κ3) is 6.84. The minimum Gasteiger partial charge on any atom is -0.334 e. The number of nitrogens with zero attached hydrogens (tertiary/aromatic N) is 1. The van der Waals surface area contributed by atoms with Crippen molar-refractivity contribution in [1.29, 1.82) is 0 Å². The lowest BCUT2D eigenvalue weighted by atomic mass is 10.1. The Balaban J connectivity index is 0.00000300. The summed E-state index contributed by atoms with van der Waals surface area (Å²) in [5.41, 5.74) is 1.32. The Morgan fingerprint density at radius 1 is 1.28 bits per heavy atom. The molecule has 1 aliphatic rings. The molecule has 1 aromatic carbocycles. The maximum atomic E-state index is 13.0. The number of hydrogen-bond donors (Lipinski definition) is 2. The fourth-order valence-corrected chi connectivity index (χ4v) is 4.34. The second-order valence-corrected chi connectivity index (χ2v) is 8.24. The van der Waals surface area contributed by atoms with Crippen LogP contribution >= 0.6 is 23.7 Å². The van der Waals surface area contributed by atoms with Gasteiger partial charge in [-0.05, 0) is 61.9 Å². The summed E-state index contributed by atoms with van der Waals surface area (Å²) in [7, 11) is 0. The van der Waals surface area contributed by atoms with Crippen molar-refractivity contribution in [3.8, 4) is 0 Å². The monoisotopic (exact) mass is 435 g/mol. The number of nitrogens with one attached hydrogen (secondary N) is 2. The van der Waals surface area contributed by atoms with Gasteiger partial charge in [0.1, 0.15) is 0 Å². The molecule has 2 aromatic rings. The molecule has 29 heavy (non-hydrogen) atoms. The third-order valence-electron chi connectivity index (χ3n) is 5.00. The molecule has 2 amide bonds. The number of anilines is 1. The SMILES string of the molecule is CCCN(C(=O)c1cccc(NC(=O)CCCc2cccs2)c1)C1CCNC1.Cl. The van der Waals surface area contributed by atoms with E-state index in [1.807, 2.05) is 29.2 Å². The lowest BCUT2D eigenvalue weighted by Crippen LogP contribution is -2.42. The molecule has 0 aliphatic carbocycles. The van der Waals surface area contributed by atoms with Crippen molar-refractivity contribution >= 4 is 41.2 Å². The van der Waals surface area contributed by atoms with Gasteiger partial charge in [-0.1, -0.05) is 19.1 Å². The van der Waals surface area contributed by atoms with Crippen LogP contribution in [-0.4, -0.2) is 42.4 Å². The molecule has 1 saturated heterocycles. The molecular weight excluding hydrogens is 406 g/mol. The van der Waals surface area contributed by atoms with Crippen LogP contribution in [0.15, 0.2) is 41.8 Å². The molecule has 0 radical (unpaired) electrons. The molecule has 1 atom stereocenters. The van der Waals surface area contributed by atoms with E-state index >= 15 is 0 Å². The molecule has 0 saturated carbocycles. The largest absolute Gasteiger partial charge is 0.334 e. The van der Waals surface area contributed by atoms with Crippen LogP contribution < -0.4 is 10.6 Å². The van der Waals surface area contributed by atoms with E-state index in [0.717, 1.165) is 45.3 Å². The first-order valence-electron chi connectivity index (χ1n) is 10.1. The third-order valence-corrected chi connectivity index (χ3v) is 5.94. The predicted molar refractivity (Wildman–Crippen MR) is 122 cm³/mol. The van der Waals surface area contributed by atoms with Gasteiger partial charge in [-0.3, -0.25) is 9.59 Å². The van der Waals surface area contributed by atoms with Crippen LogP contribution in [0.2, 0.25) is 0 Å². The normalized spacial score (nSPS) is 15.6. The van der Waals surface area contributed by atoms with Gasteiger partial charge in [-0.25, -0.2) is 0 Å². The summed E-state index contributed by atoms with van der Waals surface area (Å²) in [6.07, 6.45) is 4.15. The summed E-state index contributed by atoms with van der Waals surface area (Å²) in [4.78, 5) is 28.6. The summed E-state index contributed by atoms with van der Waals surface area (Å²) in [6, 6.07) is 11.7. The highest BCUT2D eigenvalue weighted by atomic mass is 35.5. The molecule has 0 spiro atoms. The maximum absolute atomic E-state index is 13.0. The minimum absolute atomic E-state index is 0. The topological polar surface area (TPSA) is 61.4 Å². The number of aryl methyl sites for hydroxylation is 1. The summed E-state index contributed by atoms with van der Waals surface area (Å²) >= 11 is 1.72. The number of benzene rings is 1. The molecule has 3 rings (SSSR count). The van der Waals surface area contributed by atoms with E-state index in [4.69, 9.17) is 0 Å². The second-order valence-electron chi connectivity index (χ2n) is 7.21. The first kappa shape index (κ1) is 23.4. The van der Waals surface area contributed by atoms with Crippen LogP contribution in [0.4, 0.5) is 5.69 Å². The molecular formula is C22H30ClN3O2S. The average Bonchev–Trinajstić information content (AvgIpc) is 3.40. The van der Waals surface area contributed by atoms with Crippen LogP contribution in [0.25, 0.3) is 0 Å². The molecule has 1 fully saturated rings. The first-order valence-corrected chi connectivity index (χ1v) is 11.0. The van der Waals surface area contributed by atoms with Crippen LogP contribution in [0.5, 0.6) is 0 Å². The lowest BCUT2D eigenvalue weighted by molar-refractivity contribution is -0.116. The van der Waals surface area contributed by atoms with Gasteiger partial charge < -0.3 is 15.5 Å². The van der Waals surface area contributed by atoms with Crippen molar-refractivity contribution in [1.82, 2.24) is 10.2 Å². The second kappa shape index (κ2) is 12.0. The Morgan fingerprint density at radius 2 is 2.14 bits per heavy atom. The van der Waals surface area contributed by atoms with Crippen molar-refractivity contribution < 1.29 is 9.59 Å². The highest BCUT2D eigenvalue weighted by molar-refractivity contribution is 7.09. The Kier molecular flexibility index (Phi) is 9.64. The van der Waals surface area contributed by atoms with Crippen molar-refractivity contribution in [2.75, 3.05) is 25.0 Å². The van der Waals surface area contributed by atoms with Gasteiger partial charge in [0.2, 0.25) is 5.91 Å². The number of thiophene rings is 1. The number of carbonyl (C=O) groups excluding carboxylic acids is 2. The van der Waals surface area contributed by atoms with Gasteiger partial charge >= 0.3 is 0 Å². The quantitative estimate of drug-likeness (QED) is 0.615. The number of hydrogen-bond acceptors (Lipinski definition) is 4. The summed E-state index contributed by atoms with van der Waals surface area (Å²) in [6.45, 7) is 4.66. The molecule has 7 heteroatoms. The fourth-order valence-electron chi connectivity index (χ4n) is 3.59. The highest BCUT2D eigenvalue weighted by Crippen LogP contribution is 2.18. The van der Waals surface area contributed by atoms with Gasteiger partial charge in [-0.2, -0.15) is 0 Å². The molecule has 0 bridgehead atoms. The average molecular weight is 436 g/mol. The first-order chi connectivity index (χ1) is 13.7. The summed E-state index contributed by atoms with van der Waals surface area (Å²) in [5, 5.41) is 8.33. The Hall–Kier alpha value is -1.89. The molecule has 2 N–H and O–H groups in total. The fraction of sp³-hybridized carbons (Fsp3) is 0.455. The van der Waals surface area contributed by atoms with Gasteiger partial charge in [0.15, 0.2) is 0 Å². The van der Waals surface area contributed by atoms with E-state index in [1.54, 1.807) is 17.4 Å². The van der Waals surface area contributed by atoms with E-state index in [0.29, 0.717) is 17.7 Å². The van der Waals surface area contributed by atoms with Crippen LogP contribution in [0, 0.1) is 0 Å². The smallest absolute Gasteiger partial charge is 0.254 e. The number of halogens is 1. The zero-order valence-corrected chi connectivity index (χ0v) is 18.5. The highest BCUT2D eigenvalue weighted by Gasteiger charge is 2.26. The predicted octanol–water partition coefficient (Wildman–Crippen LogP) is 4.35. The Morgan fingerprint density at radius 3 is 2.83 bits per heavy atom. The maximum Gasteiger partial charge on any atom is 0.254 e. The molecule has 1 aliphatic heterocycles. The zero-order chi connectivity index (χ0) is 19.8. The molecule has 1 unspecified atom stereocenters. The number of carbonyl (C=O) groups is 2. The Bertz CT molecular complexity index is 776. The molecule has 1 aromatic heterocycles. The van der Waals surface area contributed by atoms with E-state index in [2.05, 4.69) is 29.0 Å². The van der Waals surface area contributed by atoms with Crippen molar-refractivity contribution in [2.45, 2.75) is 45.1 Å². The summed E-state index contributed by atoms with van der Waals surface area (Å²) < 4.78 is 0. The molecule has 5 nitrogen and oxygen atoms in total. The lowest BCUT2D eigenvalue weighted by Gasteiger charge is -2.28. The Labute approximate surface area is 183 Å². The van der Waals surface area contributed by atoms with Crippen molar-refractivity contribution in [3.63, 3.8) is 0 Å². The van der Waals surface area contributed by atoms with Crippen LogP contribution in [-0.2, 0) is 11.2 Å². The molecule has 158 valence electrons. The van der Waals surface area contributed by atoms with Crippen LogP contribution in [0.1, 0.15) is 47.8 Å². The van der Waals surface area contributed by atoms with E-state index < -0.39 is 0 Å². The van der Waals surface area contributed by atoms with Crippen molar-refractivity contribution in [3.05, 3.63) is 52.2 Å². The van der Waals surface area contributed by atoms with Gasteiger partial charge in [0.25, 0.3) is 5.91 Å². The molecule has 2 heterocycles. The van der Waals surface area contributed by atoms with Gasteiger partial charge in [0, 0.05) is 41.7 Å². The number of amides is 2. The van der Waals surface area contributed by atoms with E-state index in [-0.39, 0.29) is 30.3 Å². The van der Waals surface area contributed by atoms with Crippen molar-refractivity contribution in [2.24, 2.45) is 0 Å². The minimum atomic E-state index is -0.00781. The van der Waals surface area contributed by atoms with E-state index in [9.17, 15) is 9.59 Å².